The van der Waals surface area contributed by atoms with Gasteiger partial charge in [0.2, 0.25) is 5.91 Å². The van der Waals surface area contributed by atoms with Crippen molar-refractivity contribution in [2.45, 2.75) is 32.2 Å². The van der Waals surface area contributed by atoms with Crippen molar-refractivity contribution in [3.63, 3.8) is 0 Å². The Labute approximate surface area is 152 Å². The molecule has 4 N–H and O–H groups in total. The zero-order valence-corrected chi connectivity index (χ0v) is 14.9. The van der Waals surface area contributed by atoms with Gasteiger partial charge in [-0.3, -0.25) is 14.6 Å². The Morgan fingerprint density at radius 1 is 1.15 bits per heavy atom. The number of hydrogen-bond donors (Lipinski definition) is 2. The molecule has 0 radical (unpaired) electrons. The highest BCUT2D eigenvalue weighted by Crippen LogP contribution is 2.32. The number of likely N-dealkylation sites (tertiary alicyclic amines) is 2. The monoisotopic (exact) mass is 359 g/mol. The average Bonchev–Trinajstić information content (AvgIpc) is 3.11. The van der Waals surface area contributed by atoms with E-state index in [0.29, 0.717) is 38.0 Å². The smallest absolute Gasteiger partial charge is 0.315 e. The van der Waals surface area contributed by atoms with Gasteiger partial charge in [0.25, 0.3) is 5.91 Å². The number of amides is 4. The largest absolute Gasteiger partial charge is 0.369 e. The molecular formula is C18H25N5O3. The quantitative estimate of drug-likeness (QED) is 0.815. The summed E-state index contributed by atoms with van der Waals surface area (Å²) in [5.74, 6) is -0.558. The highest BCUT2D eigenvalue weighted by atomic mass is 16.2. The molecule has 0 aromatic carbocycles. The molecule has 2 fully saturated rings. The Balaban J connectivity index is 1.71. The van der Waals surface area contributed by atoms with E-state index in [1.54, 1.807) is 22.1 Å². The van der Waals surface area contributed by atoms with E-state index in [4.69, 9.17) is 11.5 Å². The highest BCUT2D eigenvalue weighted by molar-refractivity contribution is 5.94. The molecule has 4 amide bonds. The normalized spacial score (nSPS) is 26.0. The van der Waals surface area contributed by atoms with Crippen LogP contribution in [0.2, 0.25) is 0 Å². The van der Waals surface area contributed by atoms with Crippen LogP contribution in [0.3, 0.4) is 0 Å². The number of rotatable bonds is 3. The lowest BCUT2D eigenvalue weighted by Crippen LogP contribution is -2.53. The summed E-state index contributed by atoms with van der Waals surface area (Å²) in [6.45, 7) is 3.45. The second-order valence-electron chi connectivity index (χ2n) is 7.21. The molecule has 0 saturated carbocycles. The van der Waals surface area contributed by atoms with Crippen LogP contribution in [0.5, 0.6) is 0 Å². The van der Waals surface area contributed by atoms with Gasteiger partial charge in [-0.1, -0.05) is 0 Å². The topological polar surface area (TPSA) is 123 Å². The van der Waals surface area contributed by atoms with E-state index in [2.05, 4.69) is 4.98 Å². The molecule has 8 heteroatoms. The SMILES string of the molecule is Cc1ccc(C(=O)N2CC[C@@H](C3CC(C(N)=O)CCN3C(N)=O)C2)cn1. The van der Waals surface area contributed by atoms with E-state index in [1.807, 2.05) is 13.0 Å². The number of nitrogens with zero attached hydrogens (tertiary/aromatic N) is 3. The Morgan fingerprint density at radius 3 is 2.54 bits per heavy atom. The molecule has 2 aliphatic heterocycles. The number of carbonyl (C=O) groups is 3. The van der Waals surface area contributed by atoms with Crippen LogP contribution in [0.15, 0.2) is 18.3 Å². The number of carbonyl (C=O) groups excluding carboxylic acids is 3. The Morgan fingerprint density at radius 2 is 1.92 bits per heavy atom. The fourth-order valence-electron chi connectivity index (χ4n) is 4.04. The molecule has 140 valence electrons. The van der Waals surface area contributed by atoms with Gasteiger partial charge in [0, 0.05) is 43.5 Å². The summed E-state index contributed by atoms with van der Waals surface area (Å²) in [4.78, 5) is 43.7. The first kappa shape index (κ1) is 18.2. The minimum absolute atomic E-state index is 0.0621. The summed E-state index contributed by atoms with van der Waals surface area (Å²) >= 11 is 0. The lowest BCUT2D eigenvalue weighted by molar-refractivity contribution is -0.123. The van der Waals surface area contributed by atoms with Gasteiger partial charge in [-0.2, -0.15) is 0 Å². The van der Waals surface area contributed by atoms with Crippen LogP contribution in [0, 0.1) is 18.8 Å². The molecule has 8 nitrogen and oxygen atoms in total. The van der Waals surface area contributed by atoms with Crippen LogP contribution in [-0.2, 0) is 4.79 Å². The van der Waals surface area contributed by atoms with Crippen LogP contribution in [0.25, 0.3) is 0 Å². The van der Waals surface area contributed by atoms with Gasteiger partial charge in [-0.15, -0.1) is 0 Å². The number of urea groups is 1. The summed E-state index contributed by atoms with van der Waals surface area (Å²) in [7, 11) is 0. The van der Waals surface area contributed by atoms with Gasteiger partial charge in [0.05, 0.1) is 5.56 Å². The molecule has 2 aliphatic rings. The van der Waals surface area contributed by atoms with Crippen molar-refractivity contribution in [1.82, 2.24) is 14.8 Å². The summed E-state index contributed by atoms with van der Waals surface area (Å²) < 4.78 is 0. The molecule has 0 bridgehead atoms. The maximum absolute atomic E-state index is 12.7. The predicted molar refractivity (Wildman–Crippen MR) is 95.0 cm³/mol. The summed E-state index contributed by atoms with van der Waals surface area (Å²) in [6, 6.07) is 2.95. The molecule has 0 spiro atoms. The molecule has 1 aromatic heterocycles. The zero-order valence-electron chi connectivity index (χ0n) is 14.9. The van der Waals surface area contributed by atoms with Gasteiger partial charge < -0.3 is 21.3 Å². The molecule has 1 aromatic rings. The fourth-order valence-corrected chi connectivity index (χ4v) is 4.04. The van der Waals surface area contributed by atoms with Crippen molar-refractivity contribution in [3.8, 4) is 0 Å². The van der Waals surface area contributed by atoms with Gasteiger partial charge >= 0.3 is 6.03 Å². The summed E-state index contributed by atoms with van der Waals surface area (Å²) in [5, 5.41) is 0. The minimum atomic E-state index is -0.481. The third kappa shape index (κ3) is 3.63. The second kappa shape index (κ2) is 7.31. The average molecular weight is 359 g/mol. The van der Waals surface area contributed by atoms with E-state index < -0.39 is 6.03 Å². The van der Waals surface area contributed by atoms with Crippen molar-refractivity contribution < 1.29 is 14.4 Å². The molecule has 26 heavy (non-hydrogen) atoms. The molecule has 3 heterocycles. The number of aromatic nitrogens is 1. The number of hydrogen-bond acceptors (Lipinski definition) is 4. The molecular weight excluding hydrogens is 334 g/mol. The number of aryl methyl sites for hydroxylation is 1. The van der Waals surface area contributed by atoms with E-state index in [9.17, 15) is 14.4 Å². The first-order chi connectivity index (χ1) is 12.4. The molecule has 2 unspecified atom stereocenters. The Kier molecular flexibility index (Phi) is 5.11. The molecule has 3 atom stereocenters. The van der Waals surface area contributed by atoms with Crippen LogP contribution in [0.4, 0.5) is 4.79 Å². The lowest BCUT2D eigenvalue weighted by Gasteiger charge is -2.40. The summed E-state index contributed by atoms with van der Waals surface area (Å²) in [5.41, 5.74) is 12.4. The third-order valence-corrected chi connectivity index (χ3v) is 5.54. The first-order valence-corrected chi connectivity index (χ1v) is 8.94. The van der Waals surface area contributed by atoms with Crippen LogP contribution < -0.4 is 11.5 Å². The maximum atomic E-state index is 12.7. The van der Waals surface area contributed by atoms with Gasteiger partial charge in [-0.25, -0.2) is 4.79 Å². The van der Waals surface area contributed by atoms with Crippen LogP contribution in [0.1, 0.15) is 35.3 Å². The van der Waals surface area contributed by atoms with Gasteiger partial charge in [0.1, 0.15) is 0 Å². The Hall–Kier alpha value is -2.64. The number of primary amides is 2. The number of pyridine rings is 1. The molecule has 3 rings (SSSR count). The highest BCUT2D eigenvalue weighted by Gasteiger charge is 2.41. The van der Waals surface area contributed by atoms with Crippen molar-refractivity contribution >= 4 is 17.8 Å². The number of piperidine rings is 1. The molecule has 2 saturated heterocycles. The van der Waals surface area contributed by atoms with E-state index in [0.717, 1.165) is 12.1 Å². The van der Waals surface area contributed by atoms with Crippen molar-refractivity contribution in [1.29, 1.82) is 0 Å². The zero-order chi connectivity index (χ0) is 18.8. The second-order valence-corrected chi connectivity index (χ2v) is 7.21. The van der Waals surface area contributed by atoms with Crippen molar-refractivity contribution in [2.75, 3.05) is 19.6 Å². The van der Waals surface area contributed by atoms with Gasteiger partial charge in [0.15, 0.2) is 0 Å². The van der Waals surface area contributed by atoms with Crippen LogP contribution in [-0.4, -0.2) is 58.3 Å². The minimum Gasteiger partial charge on any atom is -0.369 e. The maximum Gasteiger partial charge on any atom is 0.315 e. The van der Waals surface area contributed by atoms with E-state index in [1.165, 1.54) is 0 Å². The van der Waals surface area contributed by atoms with Gasteiger partial charge in [-0.05, 0) is 44.2 Å². The van der Waals surface area contributed by atoms with Crippen molar-refractivity contribution in [3.05, 3.63) is 29.6 Å². The fraction of sp³-hybridized carbons (Fsp3) is 0.556. The number of nitrogens with two attached hydrogens (primary N) is 2. The van der Waals surface area contributed by atoms with Crippen LogP contribution >= 0.6 is 0 Å². The predicted octanol–water partition coefficient (Wildman–Crippen LogP) is 0.497. The Bertz CT molecular complexity index is 705. The summed E-state index contributed by atoms with van der Waals surface area (Å²) in [6.07, 6.45) is 3.41. The first-order valence-electron chi connectivity index (χ1n) is 8.94. The standard InChI is InChI=1S/C18H25N5O3/c1-11-2-3-13(9-21-11)17(25)22-6-4-14(10-22)15-8-12(16(19)24)5-7-23(15)18(20)26/h2-3,9,12,14-15H,4-8,10H2,1H3,(H2,19,24)(H2,20,26)/t12?,14-,15?/m1/s1. The van der Waals surface area contributed by atoms with E-state index >= 15 is 0 Å². The lowest BCUT2D eigenvalue weighted by atomic mass is 9.83. The van der Waals surface area contributed by atoms with Crippen molar-refractivity contribution in [2.24, 2.45) is 23.3 Å². The molecule has 0 aliphatic carbocycles. The third-order valence-electron chi connectivity index (χ3n) is 5.54. The van der Waals surface area contributed by atoms with E-state index in [-0.39, 0.29) is 29.7 Å².